The summed E-state index contributed by atoms with van der Waals surface area (Å²) >= 11 is 0. The molecule has 1 aliphatic rings. The molecule has 1 aliphatic heterocycles. The van der Waals surface area contributed by atoms with Crippen LogP contribution in [0, 0.1) is 5.92 Å². The SMILES string of the molecule is CCCCNC(=O)C1CCN(C(=O)CCC(=O)O)CC1. The molecule has 1 fully saturated rings. The minimum Gasteiger partial charge on any atom is -0.481 e. The molecule has 0 aromatic rings. The third kappa shape index (κ3) is 5.59. The summed E-state index contributed by atoms with van der Waals surface area (Å²) < 4.78 is 0. The zero-order valence-electron chi connectivity index (χ0n) is 12.1. The van der Waals surface area contributed by atoms with Crippen LogP contribution in [-0.4, -0.2) is 47.4 Å². The lowest BCUT2D eigenvalue weighted by atomic mass is 9.95. The molecule has 0 unspecified atom stereocenters. The van der Waals surface area contributed by atoms with Crippen molar-refractivity contribution in [3.8, 4) is 0 Å². The van der Waals surface area contributed by atoms with Crippen molar-refractivity contribution in [2.45, 2.75) is 45.4 Å². The van der Waals surface area contributed by atoms with Crippen LogP contribution in [-0.2, 0) is 14.4 Å². The Labute approximate surface area is 119 Å². The van der Waals surface area contributed by atoms with E-state index in [2.05, 4.69) is 12.2 Å². The number of rotatable bonds is 7. The van der Waals surface area contributed by atoms with Gasteiger partial charge >= 0.3 is 5.97 Å². The van der Waals surface area contributed by atoms with Crippen LogP contribution < -0.4 is 5.32 Å². The Kier molecular flexibility index (Phi) is 7.04. The van der Waals surface area contributed by atoms with Crippen molar-refractivity contribution in [1.82, 2.24) is 10.2 Å². The Morgan fingerprint density at radius 3 is 2.40 bits per heavy atom. The van der Waals surface area contributed by atoms with E-state index in [4.69, 9.17) is 5.11 Å². The molecule has 0 saturated carbocycles. The second kappa shape index (κ2) is 8.55. The minimum atomic E-state index is -0.955. The zero-order valence-corrected chi connectivity index (χ0v) is 12.1. The second-order valence-electron chi connectivity index (χ2n) is 5.19. The fourth-order valence-corrected chi connectivity index (χ4v) is 2.30. The van der Waals surface area contributed by atoms with Crippen LogP contribution in [0.4, 0.5) is 0 Å². The van der Waals surface area contributed by atoms with E-state index in [1.807, 2.05) is 0 Å². The average molecular weight is 284 g/mol. The van der Waals surface area contributed by atoms with Gasteiger partial charge in [-0.3, -0.25) is 14.4 Å². The number of piperidine rings is 1. The normalized spacial score (nSPS) is 15.9. The Morgan fingerprint density at radius 1 is 1.20 bits per heavy atom. The number of hydrogen-bond acceptors (Lipinski definition) is 3. The molecule has 6 nitrogen and oxygen atoms in total. The Bertz CT molecular complexity index is 349. The van der Waals surface area contributed by atoms with E-state index in [1.165, 1.54) is 0 Å². The molecule has 0 atom stereocenters. The van der Waals surface area contributed by atoms with Gasteiger partial charge in [-0.25, -0.2) is 0 Å². The van der Waals surface area contributed by atoms with Crippen molar-refractivity contribution in [1.29, 1.82) is 0 Å². The summed E-state index contributed by atoms with van der Waals surface area (Å²) in [5.41, 5.74) is 0. The largest absolute Gasteiger partial charge is 0.481 e. The molecular formula is C14H24N2O4. The van der Waals surface area contributed by atoms with Gasteiger partial charge in [-0.1, -0.05) is 13.3 Å². The number of carbonyl (C=O) groups excluding carboxylic acids is 2. The van der Waals surface area contributed by atoms with Crippen LogP contribution in [0.15, 0.2) is 0 Å². The number of hydrogen-bond donors (Lipinski definition) is 2. The van der Waals surface area contributed by atoms with Crippen molar-refractivity contribution < 1.29 is 19.5 Å². The van der Waals surface area contributed by atoms with Crippen LogP contribution in [0.25, 0.3) is 0 Å². The van der Waals surface area contributed by atoms with Gasteiger partial charge in [0.2, 0.25) is 11.8 Å². The second-order valence-corrected chi connectivity index (χ2v) is 5.19. The first kappa shape index (κ1) is 16.5. The number of likely N-dealkylation sites (tertiary alicyclic amines) is 1. The summed E-state index contributed by atoms with van der Waals surface area (Å²) in [6, 6.07) is 0. The van der Waals surface area contributed by atoms with Gasteiger partial charge < -0.3 is 15.3 Å². The first-order valence-corrected chi connectivity index (χ1v) is 7.31. The predicted octanol–water partition coefficient (Wildman–Crippen LogP) is 1.01. The number of carbonyl (C=O) groups is 3. The highest BCUT2D eigenvalue weighted by Gasteiger charge is 2.26. The van der Waals surface area contributed by atoms with Crippen LogP contribution in [0.5, 0.6) is 0 Å². The van der Waals surface area contributed by atoms with Crippen molar-refractivity contribution in [3.63, 3.8) is 0 Å². The van der Waals surface area contributed by atoms with Gasteiger partial charge in [-0.05, 0) is 19.3 Å². The summed E-state index contributed by atoms with van der Waals surface area (Å²) in [5.74, 6) is -1.02. The van der Waals surface area contributed by atoms with Crippen molar-refractivity contribution in [2.75, 3.05) is 19.6 Å². The number of unbranched alkanes of at least 4 members (excludes halogenated alkanes) is 1. The van der Waals surface area contributed by atoms with E-state index in [0.717, 1.165) is 12.8 Å². The Hall–Kier alpha value is -1.59. The maximum absolute atomic E-state index is 11.9. The van der Waals surface area contributed by atoms with E-state index in [9.17, 15) is 14.4 Å². The Morgan fingerprint density at radius 2 is 1.85 bits per heavy atom. The standard InChI is InChI=1S/C14H24N2O4/c1-2-3-8-15-14(20)11-6-9-16(10-7-11)12(17)4-5-13(18)19/h11H,2-10H2,1H3,(H,15,20)(H,18,19). The lowest BCUT2D eigenvalue weighted by Gasteiger charge is -2.31. The monoisotopic (exact) mass is 284 g/mol. The molecule has 1 heterocycles. The van der Waals surface area contributed by atoms with Crippen molar-refractivity contribution >= 4 is 17.8 Å². The third-order valence-electron chi connectivity index (χ3n) is 3.60. The summed E-state index contributed by atoms with van der Waals surface area (Å²) in [6.07, 6.45) is 3.28. The summed E-state index contributed by atoms with van der Waals surface area (Å²) in [4.78, 5) is 35.7. The van der Waals surface area contributed by atoms with Crippen molar-refractivity contribution in [3.05, 3.63) is 0 Å². The molecule has 0 aliphatic carbocycles. The van der Waals surface area contributed by atoms with Gasteiger partial charge in [-0.15, -0.1) is 0 Å². The summed E-state index contributed by atoms with van der Waals surface area (Å²) in [5, 5.41) is 11.5. The maximum atomic E-state index is 11.9. The summed E-state index contributed by atoms with van der Waals surface area (Å²) in [6.45, 7) is 3.88. The van der Waals surface area contributed by atoms with Gasteiger partial charge in [0.15, 0.2) is 0 Å². The summed E-state index contributed by atoms with van der Waals surface area (Å²) in [7, 11) is 0. The number of nitrogens with zero attached hydrogens (tertiary/aromatic N) is 1. The molecular weight excluding hydrogens is 260 g/mol. The highest BCUT2D eigenvalue weighted by atomic mass is 16.4. The first-order valence-electron chi connectivity index (χ1n) is 7.31. The van der Waals surface area contributed by atoms with Gasteiger partial charge in [-0.2, -0.15) is 0 Å². The van der Waals surface area contributed by atoms with Crippen molar-refractivity contribution in [2.24, 2.45) is 5.92 Å². The van der Waals surface area contributed by atoms with Crippen LogP contribution in [0.2, 0.25) is 0 Å². The van der Waals surface area contributed by atoms with E-state index in [1.54, 1.807) is 4.90 Å². The number of nitrogens with one attached hydrogen (secondary N) is 1. The van der Waals surface area contributed by atoms with Gasteiger partial charge in [0.1, 0.15) is 0 Å². The lowest BCUT2D eigenvalue weighted by molar-refractivity contribution is -0.141. The molecule has 114 valence electrons. The molecule has 0 spiro atoms. The van der Waals surface area contributed by atoms with Crippen LogP contribution in [0.3, 0.4) is 0 Å². The number of amides is 2. The van der Waals surface area contributed by atoms with Gasteiger partial charge in [0.05, 0.1) is 6.42 Å². The van der Waals surface area contributed by atoms with E-state index in [0.29, 0.717) is 32.5 Å². The Balaban J connectivity index is 2.26. The topological polar surface area (TPSA) is 86.7 Å². The molecule has 0 radical (unpaired) electrons. The van der Waals surface area contributed by atoms with Crippen LogP contribution in [0.1, 0.15) is 45.4 Å². The molecule has 0 aromatic carbocycles. The minimum absolute atomic E-state index is 0.0182. The molecule has 20 heavy (non-hydrogen) atoms. The molecule has 0 bridgehead atoms. The number of aliphatic carboxylic acids is 1. The first-order chi connectivity index (χ1) is 9.54. The molecule has 6 heteroatoms. The molecule has 2 N–H and O–H groups in total. The fraction of sp³-hybridized carbons (Fsp3) is 0.786. The molecule has 2 amide bonds. The number of carboxylic acid groups (broad SMARTS) is 1. The zero-order chi connectivity index (χ0) is 15.0. The molecule has 0 aromatic heterocycles. The highest BCUT2D eigenvalue weighted by molar-refractivity contribution is 5.82. The highest BCUT2D eigenvalue weighted by Crippen LogP contribution is 2.18. The van der Waals surface area contributed by atoms with Crippen LogP contribution >= 0.6 is 0 Å². The quantitative estimate of drug-likeness (QED) is 0.683. The maximum Gasteiger partial charge on any atom is 0.303 e. The van der Waals surface area contributed by atoms with Gasteiger partial charge in [0.25, 0.3) is 0 Å². The van der Waals surface area contributed by atoms with E-state index in [-0.39, 0.29) is 30.6 Å². The fourth-order valence-electron chi connectivity index (χ4n) is 2.30. The number of carboxylic acids is 1. The molecule has 1 rings (SSSR count). The predicted molar refractivity (Wildman–Crippen MR) is 74.1 cm³/mol. The van der Waals surface area contributed by atoms with E-state index < -0.39 is 5.97 Å². The molecule has 1 saturated heterocycles. The smallest absolute Gasteiger partial charge is 0.303 e. The average Bonchev–Trinajstić information content (AvgIpc) is 2.45. The lowest BCUT2D eigenvalue weighted by Crippen LogP contribution is -2.43. The third-order valence-corrected chi connectivity index (χ3v) is 3.60. The van der Waals surface area contributed by atoms with Gasteiger partial charge in [0, 0.05) is 32.0 Å². The van der Waals surface area contributed by atoms with E-state index >= 15 is 0 Å².